The Morgan fingerprint density at radius 1 is 1.25 bits per heavy atom. The van der Waals surface area contributed by atoms with E-state index in [-0.39, 0.29) is 10.8 Å². The van der Waals surface area contributed by atoms with Gasteiger partial charge in [-0.2, -0.15) is 4.91 Å². The highest BCUT2D eigenvalue weighted by Gasteiger charge is 2.17. The van der Waals surface area contributed by atoms with Crippen molar-refractivity contribution in [2.75, 3.05) is 0 Å². The third-order valence-electron chi connectivity index (χ3n) is 3.01. The van der Waals surface area contributed by atoms with Gasteiger partial charge in [0.05, 0.1) is 5.02 Å². The number of phenols is 2. The zero-order valence-corrected chi connectivity index (χ0v) is 11.2. The highest BCUT2D eigenvalue weighted by molar-refractivity contribution is 6.34. The quantitative estimate of drug-likeness (QED) is 0.825. The van der Waals surface area contributed by atoms with E-state index in [2.05, 4.69) is 5.18 Å². The molecule has 2 aromatic carbocycles. The second-order valence-corrected chi connectivity index (χ2v) is 4.69. The molecule has 0 aliphatic rings. The minimum absolute atomic E-state index is 0.00286. The van der Waals surface area contributed by atoms with Crippen molar-refractivity contribution in [3.05, 3.63) is 51.6 Å². The molecule has 1 atom stereocenters. The normalized spacial score (nSPS) is 12.2. The van der Waals surface area contributed by atoms with Crippen LogP contribution >= 0.6 is 11.6 Å². The van der Waals surface area contributed by atoms with Crippen molar-refractivity contribution in [1.82, 2.24) is 0 Å². The highest BCUT2D eigenvalue weighted by atomic mass is 35.5. The number of hydrogen-bond donors (Lipinski definition) is 2. The van der Waals surface area contributed by atoms with E-state index in [9.17, 15) is 14.4 Å². The Labute approximate surface area is 119 Å². The Morgan fingerprint density at radius 2 is 1.95 bits per heavy atom. The Hall–Kier alpha value is -2.14. The average molecular weight is 296 g/mol. The Kier molecular flexibility index (Phi) is 3.90. The van der Waals surface area contributed by atoms with Crippen LogP contribution in [0, 0.1) is 10.7 Å². The number of hydrogen-bond acceptors (Lipinski definition) is 4. The molecule has 0 aromatic heterocycles. The molecule has 0 amide bonds. The molecule has 2 aromatic rings. The van der Waals surface area contributed by atoms with Crippen LogP contribution in [0.2, 0.25) is 5.02 Å². The summed E-state index contributed by atoms with van der Waals surface area (Å²) in [7, 11) is 0. The zero-order chi connectivity index (χ0) is 14.9. The van der Waals surface area contributed by atoms with Crippen molar-refractivity contribution in [2.24, 2.45) is 5.18 Å². The topological polar surface area (TPSA) is 69.9 Å². The summed E-state index contributed by atoms with van der Waals surface area (Å²) in [5, 5.41) is 22.0. The molecule has 0 spiro atoms. The summed E-state index contributed by atoms with van der Waals surface area (Å²) in [6.45, 7) is 1.53. The van der Waals surface area contributed by atoms with Crippen LogP contribution in [0.4, 0.5) is 4.39 Å². The monoisotopic (exact) mass is 295 g/mol. The molecule has 2 rings (SSSR count). The lowest BCUT2D eigenvalue weighted by molar-refractivity contribution is 0.432. The first-order valence-corrected chi connectivity index (χ1v) is 6.16. The number of halogens is 2. The van der Waals surface area contributed by atoms with Gasteiger partial charge in [0, 0.05) is 11.1 Å². The van der Waals surface area contributed by atoms with Gasteiger partial charge in [-0.25, -0.2) is 4.39 Å². The van der Waals surface area contributed by atoms with Crippen LogP contribution in [0.1, 0.15) is 18.5 Å². The van der Waals surface area contributed by atoms with Gasteiger partial charge in [-0.1, -0.05) is 35.0 Å². The molecular formula is C14H11ClFNO3. The number of rotatable bonds is 3. The largest absolute Gasteiger partial charge is 0.506 e. The maximum atomic E-state index is 13.3. The molecule has 0 saturated carbocycles. The first-order chi connectivity index (χ1) is 9.45. The summed E-state index contributed by atoms with van der Waals surface area (Å²) in [5.74, 6) is -1.51. The summed E-state index contributed by atoms with van der Waals surface area (Å²) in [6.07, 6.45) is 0. The lowest BCUT2D eigenvalue weighted by atomic mass is 10.00. The Morgan fingerprint density at radius 3 is 2.55 bits per heavy atom. The second kappa shape index (κ2) is 5.46. The van der Waals surface area contributed by atoms with E-state index < -0.39 is 17.6 Å². The van der Waals surface area contributed by atoms with Gasteiger partial charge >= 0.3 is 0 Å². The van der Waals surface area contributed by atoms with Crippen molar-refractivity contribution < 1.29 is 14.6 Å². The Balaban J connectivity index is 2.56. The van der Waals surface area contributed by atoms with Crippen LogP contribution in [0.3, 0.4) is 0 Å². The van der Waals surface area contributed by atoms with Gasteiger partial charge in [-0.15, -0.1) is 0 Å². The van der Waals surface area contributed by atoms with E-state index in [1.54, 1.807) is 6.07 Å². The lowest BCUT2D eigenvalue weighted by Crippen LogP contribution is -1.92. The molecule has 0 aliphatic heterocycles. The van der Waals surface area contributed by atoms with Crippen LogP contribution < -0.4 is 0 Å². The van der Waals surface area contributed by atoms with E-state index in [1.165, 1.54) is 25.1 Å². The fourth-order valence-electron chi connectivity index (χ4n) is 1.87. The molecule has 104 valence electrons. The molecular weight excluding hydrogens is 285 g/mol. The van der Waals surface area contributed by atoms with Crippen molar-refractivity contribution in [1.29, 1.82) is 0 Å². The Bertz CT molecular complexity index is 676. The van der Waals surface area contributed by atoms with Gasteiger partial charge in [-0.05, 0) is 24.6 Å². The summed E-state index contributed by atoms with van der Waals surface area (Å²) in [4.78, 5) is 10.5. The molecule has 0 aliphatic carbocycles. The second-order valence-electron chi connectivity index (χ2n) is 4.31. The van der Waals surface area contributed by atoms with Crippen LogP contribution in [0.15, 0.2) is 35.5 Å². The summed E-state index contributed by atoms with van der Waals surface area (Å²) < 4.78 is 13.3. The third kappa shape index (κ3) is 2.44. The summed E-state index contributed by atoms with van der Waals surface area (Å²) >= 11 is 6.05. The minimum atomic E-state index is -0.787. The predicted octanol–water partition coefficient (Wildman–Crippen LogP) is 4.38. The molecule has 0 fully saturated rings. The van der Waals surface area contributed by atoms with Crippen LogP contribution in [-0.2, 0) is 0 Å². The lowest BCUT2D eigenvalue weighted by Gasteiger charge is -2.12. The number of aromatic hydroxyl groups is 2. The van der Waals surface area contributed by atoms with Gasteiger partial charge in [0.2, 0.25) is 0 Å². The van der Waals surface area contributed by atoms with Crippen LogP contribution in [0.5, 0.6) is 11.5 Å². The highest BCUT2D eigenvalue weighted by Crippen LogP contribution is 2.40. The van der Waals surface area contributed by atoms with Crippen LogP contribution in [-0.4, -0.2) is 10.2 Å². The van der Waals surface area contributed by atoms with Crippen molar-refractivity contribution >= 4 is 11.6 Å². The first kappa shape index (κ1) is 14.3. The molecule has 20 heavy (non-hydrogen) atoms. The number of nitroso groups, excluding NO2 is 1. The predicted molar refractivity (Wildman–Crippen MR) is 74.4 cm³/mol. The van der Waals surface area contributed by atoms with E-state index in [4.69, 9.17) is 16.7 Å². The third-order valence-corrected chi connectivity index (χ3v) is 3.40. The number of phenolic OH excluding ortho intramolecular Hbond substituents is 2. The molecule has 0 saturated heterocycles. The molecule has 2 N–H and O–H groups in total. The van der Waals surface area contributed by atoms with E-state index in [0.29, 0.717) is 16.7 Å². The molecule has 0 radical (unpaired) electrons. The SMILES string of the molecule is CC(N=O)c1ccc(-c2ccc(O)c(F)c2)c(Cl)c1O. The standard InChI is InChI=1S/C14H11ClFNO3/c1-7(17-20)9-3-4-10(13(15)14(9)19)8-2-5-12(18)11(16)6-8/h2-7,18-19H,1H3. The van der Waals surface area contributed by atoms with Crippen molar-refractivity contribution in [2.45, 2.75) is 13.0 Å². The molecule has 4 nitrogen and oxygen atoms in total. The number of nitrogens with zero attached hydrogens (tertiary/aromatic N) is 1. The minimum Gasteiger partial charge on any atom is -0.506 e. The van der Waals surface area contributed by atoms with Crippen molar-refractivity contribution in [3.8, 4) is 22.6 Å². The van der Waals surface area contributed by atoms with E-state index in [1.807, 2.05) is 0 Å². The molecule has 1 unspecified atom stereocenters. The molecule has 6 heteroatoms. The van der Waals surface area contributed by atoms with E-state index in [0.717, 1.165) is 6.07 Å². The average Bonchev–Trinajstić information content (AvgIpc) is 2.44. The molecule has 0 heterocycles. The van der Waals surface area contributed by atoms with Gasteiger partial charge in [0.1, 0.15) is 11.8 Å². The van der Waals surface area contributed by atoms with Crippen LogP contribution in [0.25, 0.3) is 11.1 Å². The van der Waals surface area contributed by atoms with Crippen molar-refractivity contribution in [3.63, 3.8) is 0 Å². The van der Waals surface area contributed by atoms with Gasteiger partial charge in [-0.3, -0.25) is 0 Å². The van der Waals surface area contributed by atoms with E-state index >= 15 is 0 Å². The summed E-state index contributed by atoms with van der Waals surface area (Å²) in [6, 6.07) is 6.11. The number of benzene rings is 2. The fourth-order valence-corrected chi connectivity index (χ4v) is 2.15. The van der Waals surface area contributed by atoms with Gasteiger partial charge < -0.3 is 10.2 Å². The molecule has 0 bridgehead atoms. The first-order valence-electron chi connectivity index (χ1n) is 5.78. The van der Waals surface area contributed by atoms with Gasteiger partial charge in [0.25, 0.3) is 0 Å². The fraction of sp³-hybridized carbons (Fsp3) is 0.143. The maximum absolute atomic E-state index is 13.3. The smallest absolute Gasteiger partial charge is 0.165 e. The zero-order valence-electron chi connectivity index (χ0n) is 10.5. The maximum Gasteiger partial charge on any atom is 0.165 e. The summed E-state index contributed by atoms with van der Waals surface area (Å²) in [5.41, 5.74) is 1.09. The van der Waals surface area contributed by atoms with Gasteiger partial charge in [0.15, 0.2) is 11.6 Å².